The van der Waals surface area contributed by atoms with Crippen LogP contribution in [0.25, 0.3) is 0 Å². The Morgan fingerprint density at radius 2 is 2.25 bits per heavy atom. The van der Waals surface area contributed by atoms with Crippen molar-refractivity contribution >= 4 is 16.9 Å². The zero-order valence-electron chi connectivity index (χ0n) is 11.1. The van der Waals surface area contributed by atoms with Gasteiger partial charge in [0.05, 0.1) is 12.7 Å². The molecule has 1 aromatic rings. The third-order valence-electron chi connectivity index (χ3n) is 4.02. The predicted molar refractivity (Wildman–Crippen MR) is 75.6 cm³/mol. The second kappa shape index (κ2) is 5.00. The lowest BCUT2D eigenvalue weighted by Crippen LogP contribution is -2.49. The molecule has 1 aromatic carbocycles. The zero-order valence-corrected chi connectivity index (χ0v) is 11.9. The first kappa shape index (κ1) is 13.8. The van der Waals surface area contributed by atoms with Gasteiger partial charge < -0.3 is 10.5 Å². The average Bonchev–Trinajstić information content (AvgIpc) is 2.39. The molecule has 0 bridgehead atoms. The van der Waals surface area contributed by atoms with Crippen molar-refractivity contribution in [1.29, 1.82) is 0 Å². The molecule has 3 atom stereocenters. The van der Waals surface area contributed by atoms with E-state index in [1.807, 2.05) is 6.92 Å². The molecular formula is C14H16F2N2OS. The number of thioether (sulfide) groups is 1. The molecule has 2 aliphatic heterocycles. The molecule has 0 spiro atoms. The van der Waals surface area contributed by atoms with E-state index in [1.54, 1.807) is 0 Å². The fourth-order valence-electron chi connectivity index (χ4n) is 2.99. The molecule has 3 rings (SSSR count). The molecule has 0 radical (unpaired) electrons. The van der Waals surface area contributed by atoms with Crippen LogP contribution in [0.1, 0.15) is 18.9 Å². The van der Waals surface area contributed by atoms with E-state index in [4.69, 9.17) is 10.5 Å². The highest BCUT2D eigenvalue weighted by Gasteiger charge is 2.48. The number of benzene rings is 1. The van der Waals surface area contributed by atoms with Gasteiger partial charge in [0.15, 0.2) is 5.17 Å². The average molecular weight is 298 g/mol. The van der Waals surface area contributed by atoms with Crippen molar-refractivity contribution in [2.45, 2.75) is 25.0 Å². The van der Waals surface area contributed by atoms with Crippen LogP contribution in [0.15, 0.2) is 23.2 Å². The lowest BCUT2D eigenvalue weighted by molar-refractivity contribution is -0.0477. The minimum absolute atomic E-state index is 0.117. The minimum atomic E-state index is -0.820. The Balaban J connectivity index is 2.11. The summed E-state index contributed by atoms with van der Waals surface area (Å²) in [5.74, 6) is -0.258. The van der Waals surface area contributed by atoms with Gasteiger partial charge >= 0.3 is 0 Å². The van der Waals surface area contributed by atoms with Gasteiger partial charge in [-0.05, 0) is 19.4 Å². The van der Waals surface area contributed by atoms with Gasteiger partial charge in [0, 0.05) is 23.3 Å². The lowest BCUT2D eigenvalue weighted by Gasteiger charge is -2.45. The molecule has 3 nitrogen and oxygen atoms in total. The minimum Gasteiger partial charge on any atom is -0.379 e. The summed E-state index contributed by atoms with van der Waals surface area (Å²) in [5.41, 5.74) is 5.39. The van der Waals surface area contributed by atoms with E-state index >= 15 is 0 Å². The van der Waals surface area contributed by atoms with Crippen LogP contribution in [0, 0.1) is 17.6 Å². The molecule has 6 heteroatoms. The summed E-state index contributed by atoms with van der Waals surface area (Å²) in [5, 5.41) is 0.433. The normalized spacial score (nSPS) is 33.5. The Morgan fingerprint density at radius 3 is 3.00 bits per heavy atom. The second-order valence-corrected chi connectivity index (χ2v) is 6.40. The largest absolute Gasteiger partial charge is 0.379 e. The molecule has 0 amide bonds. The van der Waals surface area contributed by atoms with Gasteiger partial charge in [0.25, 0.3) is 0 Å². The Bertz CT molecular complexity index is 566. The van der Waals surface area contributed by atoms with Crippen molar-refractivity contribution in [1.82, 2.24) is 0 Å². The van der Waals surface area contributed by atoms with Crippen LogP contribution >= 0.6 is 11.8 Å². The van der Waals surface area contributed by atoms with E-state index in [9.17, 15) is 8.78 Å². The number of nitrogens with two attached hydrogens (primary N) is 1. The molecule has 3 unspecified atom stereocenters. The molecule has 1 saturated heterocycles. The highest BCUT2D eigenvalue weighted by atomic mass is 32.2. The van der Waals surface area contributed by atoms with Gasteiger partial charge in [0.2, 0.25) is 0 Å². The van der Waals surface area contributed by atoms with E-state index in [2.05, 4.69) is 4.99 Å². The number of hydrogen-bond acceptors (Lipinski definition) is 4. The molecule has 1 fully saturated rings. The Kier molecular flexibility index (Phi) is 3.46. The molecular weight excluding hydrogens is 282 g/mol. The Labute approximate surface area is 120 Å². The number of halogens is 2. The molecule has 108 valence electrons. The van der Waals surface area contributed by atoms with Gasteiger partial charge in [-0.1, -0.05) is 17.8 Å². The zero-order chi connectivity index (χ0) is 14.3. The van der Waals surface area contributed by atoms with Gasteiger partial charge in [-0.2, -0.15) is 0 Å². The molecule has 0 aromatic heterocycles. The van der Waals surface area contributed by atoms with Crippen molar-refractivity contribution in [2.75, 3.05) is 12.4 Å². The van der Waals surface area contributed by atoms with Gasteiger partial charge in [0.1, 0.15) is 17.2 Å². The van der Waals surface area contributed by atoms with Crippen LogP contribution < -0.4 is 5.73 Å². The van der Waals surface area contributed by atoms with Gasteiger partial charge in [-0.25, -0.2) is 13.8 Å². The summed E-state index contributed by atoms with van der Waals surface area (Å²) >= 11 is 1.48. The second-order valence-electron chi connectivity index (χ2n) is 5.36. The lowest BCUT2D eigenvalue weighted by atomic mass is 9.75. The SMILES string of the molecule is CC1CC2CSC(N)=NC2(c2ccc(F)cc2F)CO1. The quantitative estimate of drug-likeness (QED) is 0.867. The molecule has 2 heterocycles. The standard InChI is InChI=1S/C14H16F2N2OS/c1-8-4-9-6-20-13(17)18-14(9,7-19-8)11-3-2-10(15)5-12(11)16/h2-3,5,8-9H,4,6-7H2,1H3,(H2,17,18). The van der Waals surface area contributed by atoms with Crippen LogP contribution in [0.3, 0.4) is 0 Å². The molecule has 0 aliphatic carbocycles. The number of nitrogens with zero attached hydrogens (tertiary/aromatic N) is 1. The van der Waals surface area contributed by atoms with Crippen LogP contribution in [-0.4, -0.2) is 23.6 Å². The summed E-state index contributed by atoms with van der Waals surface area (Å²) in [4.78, 5) is 4.50. The number of aliphatic imine (C=N–C) groups is 1. The van der Waals surface area contributed by atoms with Crippen LogP contribution in [0.5, 0.6) is 0 Å². The first-order valence-corrected chi connectivity index (χ1v) is 7.55. The number of fused-ring (bicyclic) bond motifs is 1. The highest BCUT2D eigenvalue weighted by molar-refractivity contribution is 8.13. The van der Waals surface area contributed by atoms with E-state index in [1.165, 1.54) is 23.9 Å². The topological polar surface area (TPSA) is 47.6 Å². The van der Waals surface area contributed by atoms with Crippen LogP contribution in [-0.2, 0) is 10.3 Å². The maximum atomic E-state index is 14.2. The summed E-state index contributed by atoms with van der Waals surface area (Å²) in [6.45, 7) is 2.28. The van der Waals surface area contributed by atoms with Crippen molar-refractivity contribution in [2.24, 2.45) is 16.6 Å². The highest BCUT2D eigenvalue weighted by Crippen LogP contribution is 2.46. The smallest absolute Gasteiger partial charge is 0.154 e. The first-order valence-electron chi connectivity index (χ1n) is 6.56. The van der Waals surface area contributed by atoms with E-state index in [0.717, 1.165) is 18.2 Å². The summed E-state index contributed by atoms with van der Waals surface area (Å²) < 4.78 is 33.1. The maximum absolute atomic E-state index is 14.2. The number of rotatable bonds is 1. The molecule has 2 N–H and O–H groups in total. The number of ether oxygens (including phenoxy) is 1. The summed E-state index contributed by atoms with van der Waals surface area (Å²) in [6.07, 6.45) is 0.910. The third-order valence-corrected chi connectivity index (χ3v) is 4.98. The van der Waals surface area contributed by atoms with Crippen LogP contribution in [0.4, 0.5) is 8.78 Å². The Hall–Kier alpha value is -1.14. The van der Waals surface area contributed by atoms with E-state index in [0.29, 0.717) is 10.7 Å². The Morgan fingerprint density at radius 1 is 1.45 bits per heavy atom. The number of amidine groups is 1. The number of hydrogen-bond donors (Lipinski definition) is 1. The van der Waals surface area contributed by atoms with Gasteiger partial charge in [-0.15, -0.1) is 0 Å². The third kappa shape index (κ3) is 2.20. The molecule has 20 heavy (non-hydrogen) atoms. The van der Waals surface area contributed by atoms with Crippen molar-refractivity contribution in [3.63, 3.8) is 0 Å². The van der Waals surface area contributed by atoms with Gasteiger partial charge in [-0.3, -0.25) is 0 Å². The monoisotopic (exact) mass is 298 g/mol. The van der Waals surface area contributed by atoms with Crippen molar-refractivity contribution in [3.05, 3.63) is 35.4 Å². The molecule has 2 aliphatic rings. The molecule has 0 saturated carbocycles. The summed E-state index contributed by atoms with van der Waals surface area (Å²) in [7, 11) is 0. The predicted octanol–water partition coefficient (Wildman–Crippen LogP) is 2.65. The maximum Gasteiger partial charge on any atom is 0.154 e. The fourth-order valence-corrected chi connectivity index (χ4v) is 4.00. The fraction of sp³-hybridized carbons (Fsp3) is 0.500. The first-order chi connectivity index (χ1) is 9.51. The van der Waals surface area contributed by atoms with E-state index in [-0.39, 0.29) is 18.6 Å². The van der Waals surface area contributed by atoms with Crippen molar-refractivity contribution < 1.29 is 13.5 Å². The van der Waals surface area contributed by atoms with Crippen molar-refractivity contribution in [3.8, 4) is 0 Å². The summed E-state index contributed by atoms with van der Waals surface area (Å²) in [6, 6.07) is 3.62. The van der Waals surface area contributed by atoms with E-state index < -0.39 is 17.2 Å². The van der Waals surface area contributed by atoms with Crippen LogP contribution in [0.2, 0.25) is 0 Å².